The maximum atomic E-state index is 10.2. The summed E-state index contributed by atoms with van der Waals surface area (Å²) in [5, 5.41) is 13.6. The van der Waals surface area contributed by atoms with Crippen LogP contribution in [0.2, 0.25) is 0 Å². The van der Waals surface area contributed by atoms with Crippen LogP contribution in [0.5, 0.6) is 5.75 Å². The second kappa shape index (κ2) is 11.6. The molecule has 1 unspecified atom stereocenters. The summed E-state index contributed by atoms with van der Waals surface area (Å²) in [4.78, 5) is 12.1. The van der Waals surface area contributed by atoms with Gasteiger partial charge in [0.25, 0.3) is 0 Å². The van der Waals surface area contributed by atoms with Crippen LogP contribution in [0.15, 0.2) is 52.1 Å². The van der Waals surface area contributed by atoms with E-state index < -0.39 is 0 Å². The molecule has 1 aromatic carbocycles. The van der Waals surface area contributed by atoms with Crippen LogP contribution in [0.3, 0.4) is 0 Å². The van der Waals surface area contributed by atoms with E-state index in [1.54, 1.807) is 12.3 Å². The average molecular weight is 539 g/mol. The van der Waals surface area contributed by atoms with E-state index in [1.807, 2.05) is 24.3 Å². The summed E-state index contributed by atoms with van der Waals surface area (Å²) >= 11 is 0. The van der Waals surface area contributed by atoms with E-state index in [4.69, 9.17) is 9.41 Å². The first kappa shape index (κ1) is 23.7. The van der Waals surface area contributed by atoms with Crippen LogP contribution in [0, 0.1) is 0 Å². The zero-order valence-electron chi connectivity index (χ0n) is 18.2. The Morgan fingerprint density at radius 3 is 2.45 bits per heavy atom. The number of rotatable bonds is 6. The van der Waals surface area contributed by atoms with E-state index in [0.29, 0.717) is 12.3 Å². The smallest absolute Gasteiger partial charge is 0.194 e. The quantitative estimate of drug-likeness (QED) is 0.333. The van der Waals surface area contributed by atoms with Gasteiger partial charge in [-0.2, -0.15) is 0 Å². The number of phenolic OH excluding ortho intramolecular Hbond substituents is 1. The Kier molecular flexibility index (Phi) is 8.89. The summed E-state index contributed by atoms with van der Waals surface area (Å²) in [7, 11) is 0. The molecule has 0 spiro atoms. The van der Waals surface area contributed by atoms with Crippen molar-refractivity contribution in [3.05, 3.63) is 48.4 Å². The van der Waals surface area contributed by atoms with Gasteiger partial charge in [-0.1, -0.05) is 12.1 Å². The fourth-order valence-electron chi connectivity index (χ4n) is 4.41. The number of hydrogen-bond donors (Lipinski definition) is 2. The van der Waals surface area contributed by atoms with Gasteiger partial charge >= 0.3 is 0 Å². The zero-order valence-corrected chi connectivity index (χ0v) is 20.6. The Morgan fingerprint density at radius 1 is 1.06 bits per heavy atom. The molecule has 7 nitrogen and oxygen atoms in total. The number of phenols is 1. The molecule has 0 amide bonds. The van der Waals surface area contributed by atoms with Gasteiger partial charge in [0, 0.05) is 32.7 Å². The molecule has 0 radical (unpaired) electrons. The van der Waals surface area contributed by atoms with Gasteiger partial charge in [0.2, 0.25) is 0 Å². The fraction of sp³-hybridized carbons (Fsp3) is 0.522. The van der Waals surface area contributed by atoms with Gasteiger partial charge < -0.3 is 24.6 Å². The summed E-state index contributed by atoms with van der Waals surface area (Å²) in [6, 6.07) is 11.8. The van der Waals surface area contributed by atoms with Crippen LogP contribution in [-0.2, 0) is 0 Å². The minimum absolute atomic E-state index is 0. The van der Waals surface area contributed by atoms with E-state index in [-0.39, 0.29) is 30.0 Å². The topological polar surface area (TPSA) is 67.5 Å². The number of piperazine rings is 1. The third-order valence-electron chi connectivity index (χ3n) is 6.00. The van der Waals surface area contributed by atoms with Crippen molar-refractivity contribution >= 4 is 35.6 Å². The van der Waals surface area contributed by atoms with Crippen LogP contribution in [0.4, 0.5) is 5.69 Å². The van der Waals surface area contributed by atoms with Crippen molar-refractivity contribution in [1.29, 1.82) is 0 Å². The lowest BCUT2D eigenvalue weighted by atomic mass is 10.2. The number of guanidine groups is 1. The molecule has 0 aliphatic carbocycles. The molecule has 2 saturated heterocycles. The number of furan rings is 1. The van der Waals surface area contributed by atoms with Gasteiger partial charge in [-0.3, -0.25) is 9.89 Å². The van der Waals surface area contributed by atoms with Crippen molar-refractivity contribution in [3.8, 4) is 5.75 Å². The van der Waals surface area contributed by atoms with Gasteiger partial charge in [-0.15, -0.1) is 24.0 Å². The Hall–Kier alpha value is -1.94. The molecule has 3 heterocycles. The molecule has 2 aromatic rings. The molecule has 170 valence electrons. The van der Waals surface area contributed by atoms with Crippen molar-refractivity contribution in [2.75, 3.05) is 57.3 Å². The van der Waals surface area contributed by atoms with Gasteiger partial charge in [0.1, 0.15) is 11.5 Å². The lowest BCUT2D eigenvalue weighted by Gasteiger charge is -2.38. The van der Waals surface area contributed by atoms with Crippen LogP contribution >= 0.6 is 24.0 Å². The maximum absolute atomic E-state index is 10.2. The fourth-order valence-corrected chi connectivity index (χ4v) is 4.41. The maximum Gasteiger partial charge on any atom is 0.194 e. The first-order valence-electron chi connectivity index (χ1n) is 11.1. The highest BCUT2D eigenvalue weighted by Gasteiger charge is 2.26. The second-order valence-corrected chi connectivity index (χ2v) is 7.93. The first-order valence-corrected chi connectivity index (χ1v) is 11.1. The van der Waals surface area contributed by atoms with E-state index in [1.165, 1.54) is 12.8 Å². The number of aromatic hydroxyl groups is 1. The van der Waals surface area contributed by atoms with Crippen molar-refractivity contribution in [1.82, 2.24) is 15.1 Å². The summed E-state index contributed by atoms with van der Waals surface area (Å²) in [5.74, 6) is 2.31. The van der Waals surface area contributed by atoms with Gasteiger partial charge in [-0.05, 0) is 57.1 Å². The average Bonchev–Trinajstić information content (AvgIpc) is 3.49. The van der Waals surface area contributed by atoms with Gasteiger partial charge in [0.15, 0.2) is 5.96 Å². The highest BCUT2D eigenvalue weighted by molar-refractivity contribution is 14.0. The van der Waals surface area contributed by atoms with Crippen LogP contribution < -0.4 is 10.2 Å². The largest absolute Gasteiger partial charge is 0.506 e. The molecule has 2 N–H and O–H groups in total. The third-order valence-corrected chi connectivity index (χ3v) is 6.00. The van der Waals surface area contributed by atoms with E-state index in [2.05, 4.69) is 33.0 Å². The number of benzene rings is 1. The highest BCUT2D eigenvalue weighted by atomic mass is 127. The molecular weight excluding hydrogens is 505 g/mol. The van der Waals surface area contributed by atoms with E-state index >= 15 is 0 Å². The van der Waals surface area contributed by atoms with Crippen molar-refractivity contribution in [2.24, 2.45) is 4.99 Å². The van der Waals surface area contributed by atoms with Crippen molar-refractivity contribution in [2.45, 2.75) is 25.8 Å². The molecule has 4 rings (SSSR count). The molecular formula is C23H34IN5O2. The molecule has 0 bridgehead atoms. The lowest BCUT2D eigenvalue weighted by Crippen LogP contribution is -2.52. The van der Waals surface area contributed by atoms with Crippen molar-refractivity contribution in [3.63, 3.8) is 0 Å². The summed E-state index contributed by atoms with van der Waals surface area (Å²) < 4.78 is 5.74. The van der Waals surface area contributed by atoms with Crippen LogP contribution in [0.25, 0.3) is 0 Å². The minimum atomic E-state index is 0. The third kappa shape index (κ3) is 5.85. The van der Waals surface area contributed by atoms with E-state index in [9.17, 15) is 5.11 Å². The number of para-hydroxylation sites is 2. The van der Waals surface area contributed by atoms with Gasteiger partial charge in [0.05, 0.1) is 24.5 Å². The Morgan fingerprint density at radius 2 is 1.81 bits per heavy atom. The zero-order chi connectivity index (χ0) is 20.8. The Labute approximate surface area is 202 Å². The van der Waals surface area contributed by atoms with Crippen LogP contribution in [-0.4, -0.2) is 73.2 Å². The first-order chi connectivity index (χ1) is 14.8. The molecule has 2 aliphatic heterocycles. The van der Waals surface area contributed by atoms with E-state index in [0.717, 1.165) is 63.2 Å². The number of nitrogens with zero attached hydrogens (tertiary/aromatic N) is 4. The summed E-state index contributed by atoms with van der Waals surface area (Å²) in [6.07, 6.45) is 4.25. The SMILES string of the molecule is CCNC(=NCC(c1ccco1)N1CCCC1)N1CCN(c2ccccc2O)CC1.I. The molecule has 0 saturated carbocycles. The molecule has 1 aromatic heterocycles. The number of nitrogens with one attached hydrogen (secondary N) is 1. The monoisotopic (exact) mass is 539 g/mol. The number of anilines is 1. The second-order valence-electron chi connectivity index (χ2n) is 7.93. The minimum Gasteiger partial charge on any atom is -0.506 e. The van der Waals surface area contributed by atoms with Crippen LogP contribution in [0.1, 0.15) is 31.6 Å². The molecule has 1 atom stereocenters. The number of halogens is 1. The molecule has 31 heavy (non-hydrogen) atoms. The molecule has 2 fully saturated rings. The normalized spacial score (nSPS) is 18.7. The molecule has 2 aliphatic rings. The van der Waals surface area contributed by atoms with Gasteiger partial charge in [-0.25, -0.2) is 0 Å². The summed E-state index contributed by atoms with van der Waals surface area (Å²) in [5.41, 5.74) is 0.908. The summed E-state index contributed by atoms with van der Waals surface area (Å²) in [6.45, 7) is 9.31. The highest BCUT2D eigenvalue weighted by Crippen LogP contribution is 2.28. The molecule has 8 heteroatoms. The lowest BCUT2D eigenvalue weighted by molar-refractivity contribution is 0.220. The predicted octanol–water partition coefficient (Wildman–Crippen LogP) is 3.53. The van der Waals surface area contributed by atoms with Crippen molar-refractivity contribution < 1.29 is 9.52 Å². The number of hydrogen-bond acceptors (Lipinski definition) is 5. The Bertz CT molecular complexity index is 815. The Balaban J connectivity index is 0.00000272. The number of likely N-dealkylation sites (tertiary alicyclic amines) is 1. The predicted molar refractivity (Wildman–Crippen MR) is 136 cm³/mol. The number of aliphatic imine (C=N–C) groups is 1. The standard InChI is InChI=1S/C23H33N5O2.HI/c1-2-24-23(25-18-20(22-10-7-17-30-22)26-11-5-6-12-26)28-15-13-27(14-16-28)19-8-3-4-9-21(19)29;/h3-4,7-10,17,20,29H,2,5-6,11-16,18H2,1H3,(H,24,25);1H.